The number of piperazine rings is 1. The number of nitrogens with zero attached hydrogens (tertiary/aromatic N) is 4. The molecule has 0 spiro atoms. The first-order valence-electron chi connectivity index (χ1n) is 4.56. The van der Waals surface area contributed by atoms with Crippen LogP contribution in [-0.4, -0.2) is 48.1 Å². The van der Waals surface area contributed by atoms with E-state index in [1.165, 1.54) is 0 Å². The minimum Gasteiger partial charge on any atom is -0.353 e. The summed E-state index contributed by atoms with van der Waals surface area (Å²) in [6, 6.07) is 0. The Morgan fingerprint density at radius 2 is 1.92 bits per heavy atom. The third-order valence-corrected chi connectivity index (χ3v) is 2.38. The fourth-order valence-electron chi connectivity index (χ4n) is 1.49. The van der Waals surface area contributed by atoms with Gasteiger partial charge in [0.15, 0.2) is 0 Å². The van der Waals surface area contributed by atoms with Gasteiger partial charge in [-0.25, -0.2) is 4.98 Å². The lowest BCUT2D eigenvalue weighted by atomic mass is 10.3. The third kappa shape index (κ3) is 1.95. The van der Waals surface area contributed by atoms with Crippen LogP contribution in [0.5, 0.6) is 0 Å². The molecule has 2 rings (SSSR count). The molecule has 1 saturated heterocycles. The van der Waals surface area contributed by atoms with Crippen LogP contribution in [0, 0.1) is 0 Å². The fraction of sp³-hybridized carbons (Fsp3) is 0.556. The molecule has 4 nitrogen and oxygen atoms in total. The average molecular weight is 178 g/mol. The molecule has 2 heterocycles. The molecular weight excluding hydrogens is 164 g/mol. The molecule has 1 aliphatic heterocycles. The van der Waals surface area contributed by atoms with Crippen LogP contribution in [0.1, 0.15) is 0 Å². The molecular formula is C9H14N4. The van der Waals surface area contributed by atoms with Crippen LogP contribution in [0.3, 0.4) is 0 Å². The highest BCUT2D eigenvalue weighted by Crippen LogP contribution is 2.09. The van der Waals surface area contributed by atoms with Crippen molar-refractivity contribution >= 4 is 5.82 Å². The van der Waals surface area contributed by atoms with Gasteiger partial charge in [0.05, 0.1) is 6.20 Å². The van der Waals surface area contributed by atoms with E-state index in [9.17, 15) is 0 Å². The summed E-state index contributed by atoms with van der Waals surface area (Å²) < 4.78 is 0. The van der Waals surface area contributed by atoms with E-state index in [-0.39, 0.29) is 0 Å². The van der Waals surface area contributed by atoms with E-state index in [4.69, 9.17) is 0 Å². The zero-order valence-electron chi connectivity index (χ0n) is 7.85. The first-order valence-corrected chi connectivity index (χ1v) is 4.56. The molecule has 1 fully saturated rings. The van der Waals surface area contributed by atoms with Gasteiger partial charge in [0, 0.05) is 38.6 Å². The van der Waals surface area contributed by atoms with Gasteiger partial charge in [-0.3, -0.25) is 4.98 Å². The number of likely N-dealkylation sites (N-methyl/N-ethyl adjacent to an activating group) is 1. The first kappa shape index (κ1) is 8.44. The van der Waals surface area contributed by atoms with Gasteiger partial charge in [-0.2, -0.15) is 0 Å². The maximum absolute atomic E-state index is 4.27. The van der Waals surface area contributed by atoms with Gasteiger partial charge in [-0.05, 0) is 7.05 Å². The summed E-state index contributed by atoms with van der Waals surface area (Å²) in [7, 11) is 2.15. The minimum atomic E-state index is 0.996. The summed E-state index contributed by atoms with van der Waals surface area (Å²) in [6.45, 7) is 4.32. The van der Waals surface area contributed by atoms with Crippen LogP contribution in [0.4, 0.5) is 5.82 Å². The summed E-state index contributed by atoms with van der Waals surface area (Å²) in [6.07, 6.45) is 5.28. The van der Waals surface area contributed by atoms with Gasteiger partial charge in [-0.1, -0.05) is 0 Å². The molecule has 0 unspecified atom stereocenters. The van der Waals surface area contributed by atoms with Crippen LogP contribution in [-0.2, 0) is 0 Å². The van der Waals surface area contributed by atoms with E-state index in [0.29, 0.717) is 0 Å². The Labute approximate surface area is 78.2 Å². The van der Waals surface area contributed by atoms with E-state index in [0.717, 1.165) is 32.0 Å². The molecule has 1 aromatic rings. The van der Waals surface area contributed by atoms with Crippen molar-refractivity contribution < 1.29 is 0 Å². The van der Waals surface area contributed by atoms with E-state index in [2.05, 4.69) is 26.8 Å². The van der Waals surface area contributed by atoms with E-state index >= 15 is 0 Å². The van der Waals surface area contributed by atoms with Gasteiger partial charge in [-0.15, -0.1) is 0 Å². The van der Waals surface area contributed by atoms with Crippen molar-refractivity contribution in [2.75, 3.05) is 38.1 Å². The van der Waals surface area contributed by atoms with Crippen molar-refractivity contribution in [3.05, 3.63) is 18.6 Å². The second kappa shape index (κ2) is 3.70. The molecule has 0 atom stereocenters. The topological polar surface area (TPSA) is 32.3 Å². The number of aromatic nitrogens is 2. The molecule has 0 bridgehead atoms. The summed E-state index contributed by atoms with van der Waals surface area (Å²) in [5.74, 6) is 0.996. The van der Waals surface area contributed by atoms with Crippen LogP contribution in [0.2, 0.25) is 0 Å². The second-order valence-electron chi connectivity index (χ2n) is 3.35. The van der Waals surface area contributed by atoms with Gasteiger partial charge >= 0.3 is 0 Å². The highest BCUT2D eigenvalue weighted by atomic mass is 15.3. The Morgan fingerprint density at radius 3 is 2.54 bits per heavy atom. The maximum Gasteiger partial charge on any atom is 0.147 e. The summed E-state index contributed by atoms with van der Waals surface area (Å²) in [5, 5.41) is 0. The quantitative estimate of drug-likeness (QED) is 0.616. The van der Waals surface area contributed by atoms with Gasteiger partial charge < -0.3 is 9.80 Å². The van der Waals surface area contributed by atoms with Crippen LogP contribution in [0.25, 0.3) is 0 Å². The zero-order valence-corrected chi connectivity index (χ0v) is 7.85. The minimum absolute atomic E-state index is 0.996. The molecule has 70 valence electrons. The molecule has 0 radical (unpaired) electrons. The zero-order chi connectivity index (χ0) is 9.10. The molecule has 4 heteroatoms. The van der Waals surface area contributed by atoms with Crippen molar-refractivity contribution in [2.24, 2.45) is 0 Å². The van der Waals surface area contributed by atoms with Crippen LogP contribution < -0.4 is 4.90 Å². The van der Waals surface area contributed by atoms with Crippen LogP contribution >= 0.6 is 0 Å². The van der Waals surface area contributed by atoms with Crippen LogP contribution in [0.15, 0.2) is 18.6 Å². The van der Waals surface area contributed by atoms with E-state index in [1.807, 2.05) is 6.20 Å². The standard InChI is InChI=1S/C9H14N4/c1-12-4-6-13(7-5-12)9-8-10-2-3-11-9/h2-3,8H,4-7H2,1H3. The predicted octanol–water partition coefficient (Wildman–Crippen LogP) is 0.228. The third-order valence-electron chi connectivity index (χ3n) is 2.38. The molecule has 0 aromatic carbocycles. The SMILES string of the molecule is CN1CCN(c2cnccn2)CC1. The maximum atomic E-state index is 4.27. The Hall–Kier alpha value is -1.16. The first-order chi connectivity index (χ1) is 6.36. The lowest BCUT2D eigenvalue weighted by Gasteiger charge is -2.32. The highest BCUT2D eigenvalue weighted by molar-refractivity contribution is 5.35. The second-order valence-corrected chi connectivity index (χ2v) is 3.35. The van der Waals surface area contributed by atoms with Gasteiger partial charge in [0.1, 0.15) is 5.82 Å². The predicted molar refractivity (Wildman–Crippen MR) is 51.7 cm³/mol. The monoisotopic (exact) mass is 178 g/mol. The summed E-state index contributed by atoms with van der Waals surface area (Å²) >= 11 is 0. The number of anilines is 1. The molecule has 0 amide bonds. The molecule has 1 aliphatic rings. The van der Waals surface area contributed by atoms with Crippen molar-refractivity contribution in [1.29, 1.82) is 0 Å². The molecule has 13 heavy (non-hydrogen) atoms. The van der Waals surface area contributed by atoms with Gasteiger partial charge in [0.25, 0.3) is 0 Å². The largest absolute Gasteiger partial charge is 0.353 e. The lowest BCUT2D eigenvalue weighted by molar-refractivity contribution is 0.312. The summed E-state index contributed by atoms with van der Waals surface area (Å²) in [4.78, 5) is 12.9. The van der Waals surface area contributed by atoms with Crippen molar-refractivity contribution in [1.82, 2.24) is 14.9 Å². The normalized spacial score (nSPS) is 19.0. The van der Waals surface area contributed by atoms with Gasteiger partial charge in [0.2, 0.25) is 0 Å². The number of hydrogen-bond donors (Lipinski definition) is 0. The number of rotatable bonds is 1. The smallest absolute Gasteiger partial charge is 0.147 e. The molecule has 0 aliphatic carbocycles. The Kier molecular flexibility index (Phi) is 2.40. The van der Waals surface area contributed by atoms with Crippen molar-refractivity contribution in [2.45, 2.75) is 0 Å². The van der Waals surface area contributed by atoms with E-state index < -0.39 is 0 Å². The molecule has 1 aromatic heterocycles. The van der Waals surface area contributed by atoms with Crippen molar-refractivity contribution in [3.8, 4) is 0 Å². The molecule has 0 saturated carbocycles. The average Bonchev–Trinajstić information content (AvgIpc) is 2.20. The Balaban J connectivity index is 2.03. The highest BCUT2D eigenvalue weighted by Gasteiger charge is 2.14. The lowest BCUT2D eigenvalue weighted by Crippen LogP contribution is -2.44. The van der Waals surface area contributed by atoms with E-state index in [1.54, 1.807) is 12.4 Å². The van der Waals surface area contributed by atoms with Crippen molar-refractivity contribution in [3.63, 3.8) is 0 Å². The fourth-order valence-corrected chi connectivity index (χ4v) is 1.49. The number of hydrogen-bond acceptors (Lipinski definition) is 4. The summed E-state index contributed by atoms with van der Waals surface area (Å²) in [5.41, 5.74) is 0. The Morgan fingerprint density at radius 1 is 1.15 bits per heavy atom. The molecule has 0 N–H and O–H groups in total. The Bertz CT molecular complexity index is 254.